The molecule has 1 nitrogen and oxygen atoms in total. The Labute approximate surface area is 195 Å². The van der Waals surface area contributed by atoms with Crippen LogP contribution in [0.3, 0.4) is 0 Å². The van der Waals surface area contributed by atoms with Gasteiger partial charge in [-0.3, -0.25) is 0 Å². The van der Waals surface area contributed by atoms with E-state index in [0.29, 0.717) is 6.10 Å². The molecule has 170 valence electrons. The smallest absolute Gasteiger partial charge is 0.192 e. The van der Waals surface area contributed by atoms with Crippen LogP contribution in [0.1, 0.15) is 72.1 Å². The fourth-order valence-corrected chi connectivity index (χ4v) is 8.77. The van der Waals surface area contributed by atoms with Gasteiger partial charge in [0.15, 0.2) is 8.32 Å². The monoisotopic (exact) mass is 452 g/mol. The minimum Gasteiger partial charge on any atom is -0.413 e. The van der Waals surface area contributed by atoms with Crippen molar-refractivity contribution in [1.29, 1.82) is 0 Å². The van der Waals surface area contributed by atoms with E-state index in [4.69, 9.17) is 4.43 Å². The van der Waals surface area contributed by atoms with E-state index in [9.17, 15) is 0 Å². The second-order valence-electron chi connectivity index (χ2n) is 12.0. The molecule has 0 saturated heterocycles. The lowest BCUT2D eigenvalue weighted by atomic mass is 9.85. The zero-order valence-electron chi connectivity index (χ0n) is 20.6. The largest absolute Gasteiger partial charge is 0.413 e. The number of fused-ring (bicyclic) bond motifs is 1. The van der Waals surface area contributed by atoms with Crippen molar-refractivity contribution >= 4 is 23.0 Å². The SMILES string of the molecule is CC(C)(C)[Si](C)(C)O[C@@H]1[C@H](C[Si]c2ccccc2)C[C@H]2/C(=C/C3CCCCC3)CC[C@H]12. The summed E-state index contributed by atoms with van der Waals surface area (Å²) in [5, 5.41) is 1.81. The summed E-state index contributed by atoms with van der Waals surface area (Å²) in [4.78, 5) is 0. The van der Waals surface area contributed by atoms with Crippen LogP contribution in [-0.2, 0) is 4.43 Å². The first-order valence-corrected chi connectivity index (χ1v) is 17.0. The molecule has 4 atom stereocenters. The zero-order chi connectivity index (χ0) is 22.1. The summed E-state index contributed by atoms with van der Waals surface area (Å²) in [6.45, 7) is 12.1. The number of benzene rings is 1. The molecule has 3 aliphatic rings. The molecule has 2 radical (unpaired) electrons. The zero-order valence-corrected chi connectivity index (χ0v) is 22.6. The van der Waals surface area contributed by atoms with Crippen LogP contribution in [0.15, 0.2) is 42.0 Å². The first-order chi connectivity index (χ1) is 14.7. The molecule has 1 aromatic rings. The molecular weight excluding hydrogens is 408 g/mol. The molecule has 1 aromatic carbocycles. The third-order valence-electron chi connectivity index (χ3n) is 8.88. The first-order valence-electron chi connectivity index (χ1n) is 12.9. The van der Waals surface area contributed by atoms with E-state index in [1.54, 1.807) is 0 Å². The maximum absolute atomic E-state index is 7.23. The highest BCUT2D eigenvalue weighted by Crippen LogP contribution is 2.54. The fourth-order valence-electron chi connectivity index (χ4n) is 6.04. The Balaban J connectivity index is 1.51. The summed E-state index contributed by atoms with van der Waals surface area (Å²) < 4.78 is 7.23. The van der Waals surface area contributed by atoms with Crippen molar-refractivity contribution in [1.82, 2.24) is 0 Å². The van der Waals surface area contributed by atoms with Gasteiger partial charge in [-0.05, 0) is 73.9 Å². The van der Waals surface area contributed by atoms with Gasteiger partial charge in [0, 0.05) is 0 Å². The van der Waals surface area contributed by atoms with Gasteiger partial charge in [-0.25, -0.2) is 0 Å². The average Bonchev–Trinajstić information content (AvgIpc) is 3.27. The molecule has 4 rings (SSSR count). The van der Waals surface area contributed by atoms with Crippen LogP contribution >= 0.6 is 0 Å². The van der Waals surface area contributed by atoms with Gasteiger partial charge in [-0.1, -0.05) is 93.2 Å². The second-order valence-corrected chi connectivity index (χ2v) is 18.1. The van der Waals surface area contributed by atoms with Gasteiger partial charge in [-0.15, -0.1) is 0 Å². The highest BCUT2D eigenvalue weighted by molar-refractivity contribution is 6.74. The molecule has 0 amide bonds. The number of hydrogen-bond acceptors (Lipinski definition) is 1. The van der Waals surface area contributed by atoms with E-state index in [2.05, 4.69) is 70.3 Å². The van der Waals surface area contributed by atoms with Gasteiger partial charge in [0.1, 0.15) is 0 Å². The van der Waals surface area contributed by atoms with Crippen molar-refractivity contribution in [3.8, 4) is 0 Å². The normalized spacial score (nSPS) is 31.3. The van der Waals surface area contributed by atoms with Crippen LogP contribution in [0, 0.1) is 23.7 Å². The molecule has 0 N–H and O–H groups in total. The van der Waals surface area contributed by atoms with Crippen LogP contribution in [0.25, 0.3) is 0 Å². The summed E-state index contributed by atoms with van der Waals surface area (Å²) >= 11 is 0. The van der Waals surface area contributed by atoms with Crippen LogP contribution in [0.5, 0.6) is 0 Å². The maximum atomic E-state index is 7.23. The van der Waals surface area contributed by atoms with Gasteiger partial charge >= 0.3 is 0 Å². The predicted octanol–water partition coefficient (Wildman–Crippen LogP) is 7.38. The highest BCUT2D eigenvalue weighted by atomic mass is 28.4. The summed E-state index contributed by atoms with van der Waals surface area (Å²) in [5.74, 6) is 3.18. The standard InChI is InChI=1S/C28H44OSi2/c1-28(2,3)31(4,5)29-27-23(20-30-24-14-10-7-11-15-24)19-26-22(16-17-25(26)27)18-21-12-8-6-9-13-21/h7,10-11,14-15,18,21,23,25-27H,6,8-9,12-13,16-17,19-20H2,1-5H3/b22-18+/t23-,25-,26-,27+/m0/s1. The van der Waals surface area contributed by atoms with E-state index in [1.807, 2.05) is 5.57 Å². The van der Waals surface area contributed by atoms with Crippen LogP contribution in [0.4, 0.5) is 0 Å². The minimum absolute atomic E-state index is 0.288. The van der Waals surface area contributed by atoms with Crippen molar-refractivity contribution in [2.45, 2.75) is 102 Å². The van der Waals surface area contributed by atoms with Crippen LogP contribution < -0.4 is 5.19 Å². The topological polar surface area (TPSA) is 9.23 Å². The molecule has 0 bridgehead atoms. The lowest BCUT2D eigenvalue weighted by Crippen LogP contribution is -2.46. The Morgan fingerprint density at radius 1 is 1.03 bits per heavy atom. The minimum atomic E-state index is -1.76. The Kier molecular flexibility index (Phi) is 7.35. The second kappa shape index (κ2) is 9.69. The molecule has 3 saturated carbocycles. The molecular formula is C28H44OSi2. The van der Waals surface area contributed by atoms with E-state index in [1.165, 1.54) is 62.6 Å². The van der Waals surface area contributed by atoms with Crippen molar-refractivity contribution in [3.05, 3.63) is 42.0 Å². The Morgan fingerprint density at radius 2 is 1.74 bits per heavy atom. The number of hydrogen-bond donors (Lipinski definition) is 0. The summed E-state index contributed by atoms with van der Waals surface area (Å²) in [7, 11) is -0.845. The average molecular weight is 453 g/mol. The summed E-state index contributed by atoms with van der Waals surface area (Å²) in [6.07, 6.45) is 14.5. The van der Waals surface area contributed by atoms with Crippen molar-refractivity contribution in [3.63, 3.8) is 0 Å². The quantitative estimate of drug-likeness (QED) is 0.323. The lowest BCUT2D eigenvalue weighted by molar-refractivity contribution is 0.104. The fraction of sp³-hybridized carbons (Fsp3) is 0.714. The molecule has 0 spiro atoms. The Hall–Kier alpha value is -0.646. The van der Waals surface area contributed by atoms with Crippen LogP contribution in [-0.4, -0.2) is 23.9 Å². The van der Waals surface area contributed by atoms with Crippen molar-refractivity contribution in [2.75, 3.05) is 0 Å². The van der Waals surface area contributed by atoms with E-state index in [0.717, 1.165) is 33.2 Å². The molecule has 0 heterocycles. The number of rotatable bonds is 6. The molecule has 3 heteroatoms. The van der Waals surface area contributed by atoms with Gasteiger partial charge in [-0.2, -0.15) is 0 Å². The highest BCUT2D eigenvalue weighted by Gasteiger charge is 2.51. The molecule has 0 aliphatic heterocycles. The van der Waals surface area contributed by atoms with Gasteiger partial charge in [0.2, 0.25) is 0 Å². The van der Waals surface area contributed by atoms with Crippen molar-refractivity contribution < 1.29 is 4.43 Å². The van der Waals surface area contributed by atoms with Gasteiger partial charge < -0.3 is 4.43 Å². The third-order valence-corrected chi connectivity index (χ3v) is 14.8. The van der Waals surface area contributed by atoms with Gasteiger partial charge in [0.05, 0.1) is 15.6 Å². The summed E-state index contributed by atoms with van der Waals surface area (Å²) in [6, 6.07) is 12.5. The van der Waals surface area contributed by atoms with E-state index < -0.39 is 8.32 Å². The first kappa shape index (κ1) is 23.5. The van der Waals surface area contributed by atoms with Gasteiger partial charge in [0.25, 0.3) is 0 Å². The maximum Gasteiger partial charge on any atom is 0.192 e. The molecule has 3 fully saturated rings. The van der Waals surface area contributed by atoms with Crippen molar-refractivity contribution in [2.24, 2.45) is 23.7 Å². The Bertz CT molecular complexity index is 742. The van der Waals surface area contributed by atoms with Crippen LogP contribution in [0.2, 0.25) is 24.2 Å². The molecule has 31 heavy (non-hydrogen) atoms. The summed E-state index contributed by atoms with van der Waals surface area (Å²) in [5.41, 5.74) is 1.83. The van der Waals surface area contributed by atoms with E-state index >= 15 is 0 Å². The third kappa shape index (κ3) is 5.47. The Morgan fingerprint density at radius 3 is 2.42 bits per heavy atom. The lowest BCUT2D eigenvalue weighted by Gasteiger charge is -2.41. The predicted molar refractivity (Wildman–Crippen MR) is 138 cm³/mol. The molecule has 0 unspecified atom stereocenters. The molecule has 0 aromatic heterocycles. The number of allylic oxidation sites excluding steroid dienone is 2. The molecule has 3 aliphatic carbocycles. The van der Waals surface area contributed by atoms with E-state index in [-0.39, 0.29) is 5.04 Å².